The molecule has 0 aliphatic heterocycles. The van der Waals surface area contributed by atoms with Crippen LogP contribution in [0.25, 0.3) is 0 Å². The molecule has 0 saturated heterocycles. The van der Waals surface area contributed by atoms with Crippen molar-refractivity contribution in [3.63, 3.8) is 0 Å². The third-order valence-electron chi connectivity index (χ3n) is 3.88. The van der Waals surface area contributed by atoms with Gasteiger partial charge >= 0.3 is 5.97 Å². The summed E-state index contributed by atoms with van der Waals surface area (Å²) < 4.78 is 31.8. The summed E-state index contributed by atoms with van der Waals surface area (Å²) >= 11 is 0. The molecule has 1 aliphatic rings. The molecule has 3 nitrogen and oxygen atoms in total. The maximum atomic E-state index is 13.2. The van der Waals surface area contributed by atoms with E-state index in [4.69, 9.17) is 4.74 Å². The zero-order valence-corrected chi connectivity index (χ0v) is 11.1. The molecule has 1 aromatic carbocycles. The van der Waals surface area contributed by atoms with Crippen molar-refractivity contribution in [3.8, 4) is 0 Å². The SMILES string of the molecule is O=C(O)C1(COCc2ccccc2)CCC(F)(F)CC1. The van der Waals surface area contributed by atoms with Gasteiger partial charge in [0.2, 0.25) is 5.92 Å². The normalized spacial score (nSPS) is 20.5. The van der Waals surface area contributed by atoms with E-state index in [0.717, 1.165) is 5.56 Å². The van der Waals surface area contributed by atoms with Crippen LogP contribution in [0.3, 0.4) is 0 Å². The summed E-state index contributed by atoms with van der Waals surface area (Å²) in [6.07, 6.45) is -0.837. The second-order valence-corrected chi connectivity index (χ2v) is 5.42. The Labute approximate surface area is 116 Å². The Morgan fingerprint density at radius 2 is 1.75 bits per heavy atom. The van der Waals surface area contributed by atoms with Crippen molar-refractivity contribution in [2.45, 2.75) is 38.2 Å². The number of benzene rings is 1. The van der Waals surface area contributed by atoms with Crippen LogP contribution < -0.4 is 0 Å². The summed E-state index contributed by atoms with van der Waals surface area (Å²) in [6.45, 7) is 0.277. The average molecular weight is 284 g/mol. The van der Waals surface area contributed by atoms with Gasteiger partial charge in [-0.25, -0.2) is 8.78 Å². The van der Waals surface area contributed by atoms with Crippen molar-refractivity contribution >= 4 is 5.97 Å². The highest BCUT2D eigenvalue weighted by Crippen LogP contribution is 2.44. The summed E-state index contributed by atoms with van der Waals surface area (Å²) in [6, 6.07) is 9.37. The zero-order valence-electron chi connectivity index (χ0n) is 11.1. The molecule has 5 heteroatoms. The largest absolute Gasteiger partial charge is 0.481 e. The fourth-order valence-corrected chi connectivity index (χ4v) is 2.45. The molecule has 0 amide bonds. The molecule has 0 atom stereocenters. The van der Waals surface area contributed by atoms with Gasteiger partial charge in [0.05, 0.1) is 18.6 Å². The minimum atomic E-state index is -2.74. The van der Waals surface area contributed by atoms with Crippen LogP contribution in [0.15, 0.2) is 30.3 Å². The van der Waals surface area contributed by atoms with Gasteiger partial charge in [-0.3, -0.25) is 4.79 Å². The van der Waals surface area contributed by atoms with Gasteiger partial charge in [0, 0.05) is 12.8 Å². The van der Waals surface area contributed by atoms with Crippen molar-refractivity contribution in [2.24, 2.45) is 5.41 Å². The minimum Gasteiger partial charge on any atom is -0.481 e. The Bertz CT molecular complexity index is 449. The first-order chi connectivity index (χ1) is 9.44. The van der Waals surface area contributed by atoms with Crippen LogP contribution in [0.2, 0.25) is 0 Å². The molecular formula is C15H18F2O3. The Morgan fingerprint density at radius 3 is 2.30 bits per heavy atom. The predicted molar refractivity (Wildman–Crippen MR) is 69.6 cm³/mol. The lowest BCUT2D eigenvalue weighted by molar-refractivity contribution is -0.163. The van der Waals surface area contributed by atoms with E-state index >= 15 is 0 Å². The van der Waals surface area contributed by atoms with E-state index in [2.05, 4.69) is 0 Å². The van der Waals surface area contributed by atoms with E-state index in [1.165, 1.54) is 0 Å². The van der Waals surface area contributed by atoms with Crippen molar-refractivity contribution in [3.05, 3.63) is 35.9 Å². The standard InChI is InChI=1S/C15H18F2O3/c16-15(17)8-6-14(7-9-15,13(18)19)11-20-10-12-4-2-1-3-5-12/h1-5H,6-11H2,(H,18,19). The average Bonchev–Trinajstić information content (AvgIpc) is 2.42. The predicted octanol–water partition coefficient (Wildman–Crippen LogP) is 3.48. The number of carbonyl (C=O) groups is 1. The number of alkyl halides is 2. The lowest BCUT2D eigenvalue weighted by Crippen LogP contribution is -2.42. The summed E-state index contributed by atoms with van der Waals surface area (Å²) in [4.78, 5) is 11.4. The number of carboxylic acid groups (broad SMARTS) is 1. The summed E-state index contributed by atoms with van der Waals surface area (Å²) in [7, 11) is 0. The third kappa shape index (κ3) is 3.54. The van der Waals surface area contributed by atoms with Gasteiger partial charge in [-0.15, -0.1) is 0 Å². The van der Waals surface area contributed by atoms with Gasteiger partial charge in [-0.2, -0.15) is 0 Å². The molecule has 110 valence electrons. The van der Waals surface area contributed by atoms with Gasteiger partial charge in [-0.1, -0.05) is 30.3 Å². The maximum Gasteiger partial charge on any atom is 0.311 e. The molecule has 0 radical (unpaired) electrons. The fraction of sp³-hybridized carbons (Fsp3) is 0.533. The van der Waals surface area contributed by atoms with Crippen LogP contribution in [0.4, 0.5) is 8.78 Å². The summed E-state index contributed by atoms with van der Waals surface area (Å²) in [5, 5.41) is 9.33. The van der Waals surface area contributed by atoms with Gasteiger partial charge in [0.15, 0.2) is 0 Å². The Morgan fingerprint density at radius 1 is 1.15 bits per heavy atom. The molecule has 1 N–H and O–H groups in total. The van der Waals surface area contributed by atoms with E-state index in [0.29, 0.717) is 6.61 Å². The monoisotopic (exact) mass is 284 g/mol. The smallest absolute Gasteiger partial charge is 0.311 e. The number of hydrogen-bond acceptors (Lipinski definition) is 2. The number of halogens is 2. The molecule has 1 saturated carbocycles. The second kappa shape index (κ2) is 5.87. The molecular weight excluding hydrogens is 266 g/mol. The molecule has 1 aromatic rings. The van der Waals surface area contributed by atoms with E-state index in [9.17, 15) is 18.7 Å². The summed E-state index contributed by atoms with van der Waals surface area (Å²) in [5.74, 6) is -3.78. The first-order valence-electron chi connectivity index (χ1n) is 6.67. The number of hydrogen-bond donors (Lipinski definition) is 1. The van der Waals surface area contributed by atoms with Gasteiger partial charge in [0.1, 0.15) is 0 Å². The Kier molecular flexibility index (Phi) is 4.38. The lowest BCUT2D eigenvalue weighted by atomic mass is 9.73. The van der Waals surface area contributed by atoms with Crippen molar-refractivity contribution in [1.82, 2.24) is 0 Å². The summed E-state index contributed by atoms with van der Waals surface area (Å²) in [5.41, 5.74) is -0.231. The van der Waals surface area contributed by atoms with Gasteiger partial charge < -0.3 is 9.84 Å². The highest BCUT2D eigenvalue weighted by Gasteiger charge is 2.48. The van der Waals surface area contributed by atoms with E-state index in [-0.39, 0.29) is 32.3 Å². The van der Waals surface area contributed by atoms with Crippen molar-refractivity contribution < 1.29 is 23.4 Å². The molecule has 0 spiro atoms. The molecule has 0 unspecified atom stereocenters. The van der Waals surface area contributed by atoms with Crippen LogP contribution in [0.1, 0.15) is 31.2 Å². The topological polar surface area (TPSA) is 46.5 Å². The second-order valence-electron chi connectivity index (χ2n) is 5.42. The van der Waals surface area contributed by atoms with Gasteiger partial charge in [-0.05, 0) is 18.4 Å². The number of rotatable bonds is 5. The molecule has 1 fully saturated rings. The molecule has 20 heavy (non-hydrogen) atoms. The fourth-order valence-electron chi connectivity index (χ4n) is 2.45. The quantitative estimate of drug-likeness (QED) is 0.900. The molecule has 0 aromatic heterocycles. The molecule has 1 aliphatic carbocycles. The Balaban J connectivity index is 1.92. The van der Waals surface area contributed by atoms with Crippen molar-refractivity contribution in [1.29, 1.82) is 0 Å². The lowest BCUT2D eigenvalue weighted by Gasteiger charge is -2.36. The third-order valence-corrected chi connectivity index (χ3v) is 3.88. The highest BCUT2D eigenvalue weighted by atomic mass is 19.3. The van der Waals surface area contributed by atoms with E-state index in [1.807, 2.05) is 30.3 Å². The first kappa shape index (κ1) is 14.9. The number of aliphatic carboxylic acids is 1. The van der Waals surface area contributed by atoms with Crippen LogP contribution in [0.5, 0.6) is 0 Å². The zero-order chi connectivity index (χ0) is 14.6. The minimum absolute atomic E-state index is 0.0205. The van der Waals surface area contributed by atoms with Gasteiger partial charge in [0.25, 0.3) is 0 Å². The first-order valence-corrected chi connectivity index (χ1v) is 6.67. The van der Waals surface area contributed by atoms with Crippen molar-refractivity contribution in [2.75, 3.05) is 6.61 Å². The van der Waals surface area contributed by atoms with Crippen LogP contribution in [-0.2, 0) is 16.1 Å². The van der Waals surface area contributed by atoms with Crippen LogP contribution in [0, 0.1) is 5.41 Å². The Hall–Kier alpha value is -1.49. The van der Waals surface area contributed by atoms with Crippen LogP contribution in [-0.4, -0.2) is 23.6 Å². The number of carboxylic acids is 1. The highest BCUT2D eigenvalue weighted by molar-refractivity contribution is 5.75. The molecule has 0 heterocycles. The van der Waals surface area contributed by atoms with Crippen LogP contribution >= 0.6 is 0 Å². The number of ether oxygens (including phenoxy) is 1. The maximum absolute atomic E-state index is 13.2. The molecule has 2 rings (SSSR count). The van der Waals surface area contributed by atoms with E-state index in [1.54, 1.807) is 0 Å². The van der Waals surface area contributed by atoms with E-state index < -0.39 is 17.3 Å². The molecule has 0 bridgehead atoms.